The van der Waals surface area contributed by atoms with E-state index in [1.807, 2.05) is 0 Å². The number of benzene rings is 2. The highest BCUT2D eigenvalue weighted by Crippen LogP contribution is 2.35. The molecule has 8 heteroatoms. The highest BCUT2D eigenvalue weighted by molar-refractivity contribution is 6.04. The lowest BCUT2D eigenvalue weighted by molar-refractivity contribution is -0.384. The molecule has 3 rings (SSSR count). The van der Waals surface area contributed by atoms with Crippen LogP contribution in [0.15, 0.2) is 48.5 Å². The Kier molecular flexibility index (Phi) is 8.15. The second-order valence-electron chi connectivity index (χ2n) is 9.12. The lowest BCUT2D eigenvalue weighted by Crippen LogP contribution is -2.36. The van der Waals surface area contributed by atoms with E-state index < -0.39 is 29.3 Å². The van der Waals surface area contributed by atoms with E-state index in [-0.39, 0.29) is 34.4 Å². The maximum absolute atomic E-state index is 13.0. The fraction of sp³-hybridized carbons (Fsp3) is 0.423. The number of Topliss-reactive ketones (excluding diaryl/α,β-unsaturated/α-hetero) is 1. The summed E-state index contributed by atoms with van der Waals surface area (Å²) in [6.45, 7) is 5.82. The Bertz CT molecular complexity index is 1060. The zero-order valence-corrected chi connectivity index (χ0v) is 19.6. The molecule has 8 nitrogen and oxygen atoms in total. The number of hydrogen-bond donors (Lipinski definition) is 0. The Morgan fingerprint density at radius 2 is 1.62 bits per heavy atom. The summed E-state index contributed by atoms with van der Waals surface area (Å²) in [7, 11) is 0. The molecule has 1 fully saturated rings. The normalized spacial score (nSPS) is 19.9. The van der Waals surface area contributed by atoms with Gasteiger partial charge in [0.1, 0.15) is 6.10 Å². The number of carbonyl (C=O) groups is 3. The molecule has 0 N–H and O–H groups in total. The zero-order valence-electron chi connectivity index (χ0n) is 19.6. The number of ether oxygens (including phenoxy) is 2. The topological polar surface area (TPSA) is 113 Å². The van der Waals surface area contributed by atoms with Crippen LogP contribution in [-0.4, -0.2) is 35.4 Å². The van der Waals surface area contributed by atoms with Crippen molar-refractivity contribution in [3.63, 3.8) is 0 Å². The van der Waals surface area contributed by atoms with Crippen molar-refractivity contribution in [1.82, 2.24) is 0 Å². The maximum atomic E-state index is 13.0. The van der Waals surface area contributed by atoms with Gasteiger partial charge in [-0.2, -0.15) is 0 Å². The summed E-state index contributed by atoms with van der Waals surface area (Å²) in [4.78, 5) is 48.2. The minimum absolute atomic E-state index is 0.0222. The fourth-order valence-electron chi connectivity index (χ4n) is 4.35. The standard InChI is InChI=1S/C26H29NO7/c1-16(2)20-13-8-17(3)14-24(20)34-26(30)22-7-5-4-6-21(22)25(29)33-15-23(28)18-9-11-19(12-10-18)27(31)32/h4-7,9-12,16-17,20,24H,8,13-15H2,1-3H3/t17-,20+,24+/m0/s1. The average molecular weight is 468 g/mol. The summed E-state index contributed by atoms with van der Waals surface area (Å²) in [6, 6.07) is 11.2. The molecule has 0 unspecified atom stereocenters. The number of nitrogens with zero attached hydrogens (tertiary/aromatic N) is 1. The van der Waals surface area contributed by atoms with Crippen LogP contribution in [-0.2, 0) is 9.47 Å². The first kappa shape index (κ1) is 25.1. The first-order chi connectivity index (χ1) is 16.2. The third-order valence-corrected chi connectivity index (χ3v) is 6.32. The molecule has 2 aromatic carbocycles. The summed E-state index contributed by atoms with van der Waals surface area (Å²) in [5.74, 6) is -0.827. The maximum Gasteiger partial charge on any atom is 0.339 e. The molecule has 0 saturated heterocycles. The highest BCUT2D eigenvalue weighted by Gasteiger charge is 2.34. The Balaban J connectivity index is 1.67. The molecule has 180 valence electrons. The quantitative estimate of drug-likeness (QED) is 0.225. The lowest BCUT2D eigenvalue weighted by Gasteiger charge is -2.36. The van der Waals surface area contributed by atoms with E-state index >= 15 is 0 Å². The van der Waals surface area contributed by atoms with E-state index in [9.17, 15) is 24.5 Å². The second kappa shape index (κ2) is 11.0. The monoisotopic (exact) mass is 467 g/mol. The molecule has 0 bridgehead atoms. The van der Waals surface area contributed by atoms with Crippen LogP contribution in [0.3, 0.4) is 0 Å². The van der Waals surface area contributed by atoms with Gasteiger partial charge >= 0.3 is 11.9 Å². The summed E-state index contributed by atoms with van der Waals surface area (Å²) < 4.78 is 11.0. The van der Waals surface area contributed by atoms with Crippen LogP contribution in [0.1, 0.15) is 71.1 Å². The predicted octanol–water partition coefficient (Wildman–Crippen LogP) is 5.25. The van der Waals surface area contributed by atoms with Gasteiger partial charge in [0, 0.05) is 17.7 Å². The van der Waals surface area contributed by atoms with Gasteiger partial charge in [0.25, 0.3) is 5.69 Å². The number of esters is 2. The van der Waals surface area contributed by atoms with Gasteiger partial charge in [0.15, 0.2) is 12.4 Å². The SMILES string of the molecule is CC(C)[C@H]1CC[C@H](C)C[C@H]1OC(=O)c1ccccc1C(=O)OCC(=O)c1ccc([N+](=O)[O-])cc1. The summed E-state index contributed by atoms with van der Waals surface area (Å²) in [5.41, 5.74) is 0.148. The molecule has 0 spiro atoms. The molecule has 1 saturated carbocycles. The van der Waals surface area contributed by atoms with Gasteiger partial charge < -0.3 is 9.47 Å². The molecule has 1 aliphatic carbocycles. The number of carbonyl (C=O) groups excluding carboxylic acids is 3. The molecule has 0 radical (unpaired) electrons. The molecular formula is C26H29NO7. The van der Waals surface area contributed by atoms with Crippen molar-refractivity contribution in [2.24, 2.45) is 17.8 Å². The van der Waals surface area contributed by atoms with Crippen molar-refractivity contribution in [2.45, 2.75) is 46.1 Å². The van der Waals surface area contributed by atoms with Gasteiger partial charge in [-0.05, 0) is 54.9 Å². The first-order valence-electron chi connectivity index (χ1n) is 11.4. The Hall–Kier alpha value is -3.55. The average Bonchev–Trinajstić information content (AvgIpc) is 2.82. The van der Waals surface area contributed by atoms with Gasteiger partial charge in [-0.15, -0.1) is 0 Å². The number of ketones is 1. The largest absolute Gasteiger partial charge is 0.458 e. The minimum Gasteiger partial charge on any atom is -0.458 e. The summed E-state index contributed by atoms with van der Waals surface area (Å²) in [5, 5.41) is 10.7. The van der Waals surface area contributed by atoms with Crippen molar-refractivity contribution < 1.29 is 28.8 Å². The second-order valence-corrected chi connectivity index (χ2v) is 9.12. The van der Waals surface area contributed by atoms with Crippen LogP contribution in [0.5, 0.6) is 0 Å². The van der Waals surface area contributed by atoms with Crippen molar-refractivity contribution in [2.75, 3.05) is 6.61 Å². The van der Waals surface area contributed by atoms with E-state index in [0.29, 0.717) is 11.8 Å². The summed E-state index contributed by atoms with van der Waals surface area (Å²) in [6.07, 6.45) is 2.66. The van der Waals surface area contributed by atoms with Crippen LogP contribution in [0, 0.1) is 27.9 Å². The van der Waals surface area contributed by atoms with Gasteiger partial charge in [0.2, 0.25) is 0 Å². The van der Waals surface area contributed by atoms with Gasteiger partial charge in [-0.3, -0.25) is 14.9 Å². The minimum atomic E-state index is -0.819. The van der Waals surface area contributed by atoms with E-state index in [1.165, 1.54) is 36.4 Å². The van der Waals surface area contributed by atoms with Crippen LogP contribution in [0.2, 0.25) is 0 Å². The van der Waals surface area contributed by atoms with Crippen LogP contribution in [0.4, 0.5) is 5.69 Å². The van der Waals surface area contributed by atoms with Crippen molar-refractivity contribution in [3.05, 3.63) is 75.3 Å². The number of nitro groups is 1. The third kappa shape index (κ3) is 6.07. The van der Waals surface area contributed by atoms with Gasteiger partial charge in [0.05, 0.1) is 16.1 Å². The lowest BCUT2D eigenvalue weighted by atomic mass is 9.75. The highest BCUT2D eigenvalue weighted by atomic mass is 16.6. The molecule has 0 amide bonds. The van der Waals surface area contributed by atoms with Crippen molar-refractivity contribution in [1.29, 1.82) is 0 Å². The molecule has 0 aliphatic heterocycles. The van der Waals surface area contributed by atoms with Crippen molar-refractivity contribution in [3.8, 4) is 0 Å². The number of hydrogen-bond acceptors (Lipinski definition) is 7. The number of nitro benzene ring substituents is 1. The third-order valence-electron chi connectivity index (χ3n) is 6.32. The van der Waals surface area contributed by atoms with E-state index in [4.69, 9.17) is 9.47 Å². The van der Waals surface area contributed by atoms with Crippen molar-refractivity contribution >= 4 is 23.4 Å². The zero-order chi connectivity index (χ0) is 24.8. The van der Waals surface area contributed by atoms with Crippen LogP contribution < -0.4 is 0 Å². The number of non-ortho nitro benzene ring substituents is 1. The molecule has 34 heavy (non-hydrogen) atoms. The molecule has 0 aromatic heterocycles. The molecule has 1 aliphatic rings. The van der Waals surface area contributed by atoms with Gasteiger partial charge in [-0.1, -0.05) is 39.3 Å². The fourth-order valence-corrected chi connectivity index (χ4v) is 4.35. The van der Waals surface area contributed by atoms with E-state index in [2.05, 4.69) is 20.8 Å². The molecule has 0 heterocycles. The smallest absolute Gasteiger partial charge is 0.339 e. The predicted molar refractivity (Wildman–Crippen MR) is 125 cm³/mol. The Morgan fingerprint density at radius 1 is 1.00 bits per heavy atom. The molecule has 3 atom stereocenters. The van der Waals surface area contributed by atoms with E-state index in [0.717, 1.165) is 19.3 Å². The first-order valence-corrected chi connectivity index (χ1v) is 11.4. The van der Waals surface area contributed by atoms with Crippen LogP contribution >= 0.6 is 0 Å². The summed E-state index contributed by atoms with van der Waals surface area (Å²) >= 11 is 0. The molecule has 2 aromatic rings. The molecular weight excluding hydrogens is 438 g/mol. The van der Waals surface area contributed by atoms with Crippen LogP contribution in [0.25, 0.3) is 0 Å². The Morgan fingerprint density at radius 3 is 2.21 bits per heavy atom. The van der Waals surface area contributed by atoms with E-state index in [1.54, 1.807) is 12.1 Å². The van der Waals surface area contributed by atoms with Gasteiger partial charge in [-0.25, -0.2) is 9.59 Å². The Labute approximate surface area is 198 Å². The number of rotatable bonds is 8.